The maximum absolute atomic E-state index is 10.5. The smallest absolute Gasteiger partial charge is 0.305 e. The zero-order valence-electron chi connectivity index (χ0n) is 10.5. The molecule has 0 aliphatic carbocycles. The largest absolute Gasteiger partial charge is 0.350 e. The summed E-state index contributed by atoms with van der Waals surface area (Å²) < 4.78 is 0. The molecule has 0 saturated carbocycles. The van der Waals surface area contributed by atoms with E-state index < -0.39 is 4.92 Å². The summed E-state index contributed by atoms with van der Waals surface area (Å²) in [7, 11) is 0. The molecule has 0 atom stereocenters. The third kappa shape index (κ3) is 3.25. The Morgan fingerprint density at radius 3 is 2.42 bits per heavy atom. The Morgan fingerprint density at radius 2 is 1.84 bits per heavy atom. The van der Waals surface area contributed by atoms with E-state index in [1.807, 2.05) is 18.2 Å². The first kappa shape index (κ1) is 12.9. The monoisotopic (exact) mass is 258 g/mol. The number of aryl methyl sites for hydroxylation is 1. The maximum atomic E-state index is 10.5. The number of hydrogen-bond donors (Lipinski definition) is 1. The third-order valence-electron chi connectivity index (χ3n) is 2.79. The van der Waals surface area contributed by atoms with E-state index in [2.05, 4.69) is 28.3 Å². The van der Waals surface area contributed by atoms with Crippen LogP contribution in [0.4, 0.5) is 11.6 Å². The standard InChI is InChI=1S/C13H14N4O2/c1-2-10-5-3-4-6-11(10)7-14-13-15-8-12(9-16-13)17(18)19/h3-6,8-9H,2,7H2,1H3,(H,14,15,16). The fraction of sp³-hybridized carbons (Fsp3) is 0.231. The molecule has 0 fully saturated rings. The topological polar surface area (TPSA) is 81.0 Å². The summed E-state index contributed by atoms with van der Waals surface area (Å²) in [6.45, 7) is 2.70. The molecule has 6 heteroatoms. The van der Waals surface area contributed by atoms with Gasteiger partial charge in [-0.25, -0.2) is 9.97 Å². The molecule has 0 radical (unpaired) electrons. The lowest BCUT2D eigenvalue weighted by Crippen LogP contribution is -2.05. The van der Waals surface area contributed by atoms with E-state index in [0.29, 0.717) is 12.5 Å². The van der Waals surface area contributed by atoms with Crippen LogP contribution in [-0.2, 0) is 13.0 Å². The maximum Gasteiger partial charge on any atom is 0.305 e. The Hall–Kier alpha value is -2.50. The molecule has 0 aliphatic rings. The average molecular weight is 258 g/mol. The molecule has 0 unspecified atom stereocenters. The second-order valence-corrected chi connectivity index (χ2v) is 4.00. The number of nitrogens with one attached hydrogen (secondary N) is 1. The van der Waals surface area contributed by atoms with Gasteiger partial charge < -0.3 is 5.32 Å². The molecule has 2 aromatic rings. The average Bonchev–Trinajstić information content (AvgIpc) is 2.45. The van der Waals surface area contributed by atoms with Crippen molar-refractivity contribution in [3.05, 3.63) is 57.9 Å². The van der Waals surface area contributed by atoms with Gasteiger partial charge in [-0.05, 0) is 17.5 Å². The van der Waals surface area contributed by atoms with Crippen LogP contribution in [0.3, 0.4) is 0 Å². The molecule has 0 saturated heterocycles. The molecule has 0 aliphatic heterocycles. The molecule has 98 valence electrons. The highest BCUT2D eigenvalue weighted by Crippen LogP contribution is 2.12. The Kier molecular flexibility index (Phi) is 4.02. The van der Waals surface area contributed by atoms with Crippen LogP contribution in [-0.4, -0.2) is 14.9 Å². The van der Waals surface area contributed by atoms with E-state index in [-0.39, 0.29) is 5.69 Å². The van der Waals surface area contributed by atoms with Crippen LogP contribution >= 0.6 is 0 Å². The molecule has 6 nitrogen and oxygen atoms in total. The SMILES string of the molecule is CCc1ccccc1CNc1ncc([N+](=O)[O-])cn1. The van der Waals surface area contributed by atoms with Gasteiger partial charge in [-0.15, -0.1) is 0 Å². The van der Waals surface area contributed by atoms with Gasteiger partial charge in [-0.3, -0.25) is 10.1 Å². The van der Waals surface area contributed by atoms with Crippen LogP contribution in [0.2, 0.25) is 0 Å². The lowest BCUT2D eigenvalue weighted by atomic mass is 10.1. The zero-order chi connectivity index (χ0) is 13.7. The van der Waals surface area contributed by atoms with Gasteiger partial charge in [0.25, 0.3) is 0 Å². The predicted octanol–water partition coefficient (Wildman–Crippen LogP) is 2.56. The molecular formula is C13H14N4O2. The van der Waals surface area contributed by atoms with Gasteiger partial charge in [0.1, 0.15) is 12.4 Å². The van der Waals surface area contributed by atoms with E-state index in [1.54, 1.807) is 0 Å². The predicted molar refractivity (Wildman–Crippen MR) is 71.8 cm³/mol. The third-order valence-corrected chi connectivity index (χ3v) is 2.79. The van der Waals surface area contributed by atoms with Crippen LogP contribution < -0.4 is 5.32 Å². The summed E-state index contributed by atoms with van der Waals surface area (Å²) >= 11 is 0. The highest BCUT2D eigenvalue weighted by atomic mass is 16.6. The summed E-state index contributed by atoms with van der Waals surface area (Å²) in [5.41, 5.74) is 2.32. The quantitative estimate of drug-likeness (QED) is 0.658. The molecule has 1 N–H and O–H groups in total. The van der Waals surface area contributed by atoms with Gasteiger partial charge in [0, 0.05) is 6.54 Å². The van der Waals surface area contributed by atoms with E-state index in [9.17, 15) is 10.1 Å². The fourth-order valence-electron chi connectivity index (χ4n) is 1.76. The van der Waals surface area contributed by atoms with Crippen molar-refractivity contribution in [1.82, 2.24) is 9.97 Å². The fourth-order valence-corrected chi connectivity index (χ4v) is 1.76. The van der Waals surface area contributed by atoms with Gasteiger partial charge in [0.05, 0.1) is 4.92 Å². The summed E-state index contributed by atoms with van der Waals surface area (Å²) in [6, 6.07) is 8.10. The molecule has 1 aromatic heterocycles. The highest BCUT2D eigenvalue weighted by molar-refractivity contribution is 5.34. The van der Waals surface area contributed by atoms with Crippen molar-refractivity contribution in [2.75, 3.05) is 5.32 Å². The van der Waals surface area contributed by atoms with Crippen molar-refractivity contribution in [3.8, 4) is 0 Å². The summed E-state index contributed by atoms with van der Waals surface area (Å²) in [4.78, 5) is 17.8. The number of hydrogen-bond acceptors (Lipinski definition) is 5. The van der Waals surface area contributed by atoms with Crippen molar-refractivity contribution < 1.29 is 4.92 Å². The van der Waals surface area contributed by atoms with Crippen LogP contribution in [0.1, 0.15) is 18.1 Å². The van der Waals surface area contributed by atoms with E-state index in [0.717, 1.165) is 6.42 Å². The number of benzene rings is 1. The molecular weight excluding hydrogens is 244 g/mol. The van der Waals surface area contributed by atoms with Crippen molar-refractivity contribution in [1.29, 1.82) is 0 Å². The zero-order valence-corrected chi connectivity index (χ0v) is 10.5. The van der Waals surface area contributed by atoms with E-state index >= 15 is 0 Å². The van der Waals surface area contributed by atoms with Gasteiger partial charge in [-0.2, -0.15) is 0 Å². The summed E-state index contributed by atoms with van der Waals surface area (Å²) in [5, 5.41) is 13.5. The Morgan fingerprint density at radius 1 is 1.21 bits per heavy atom. The van der Waals surface area contributed by atoms with Crippen molar-refractivity contribution in [2.45, 2.75) is 19.9 Å². The number of anilines is 1. The lowest BCUT2D eigenvalue weighted by molar-refractivity contribution is -0.385. The lowest BCUT2D eigenvalue weighted by Gasteiger charge is -2.08. The van der Waals surface area contributed by atoms with Crippen LogP contribution in [0.15, 0.2) is 36.7 Å². The highest BCUT2D eigenvalue weighted by Gasteiger charge is 2.06. The summed E-state index contributed by atoms with van der Waals surface area (Å²) in [6.07, 6.45) is 3.35. The normalized spacial score (nSPS) is 10.2. The first-order chi connectivity index (χ1) is 9.20. The molecule has 19 heavy (non-hydrogen) atoms. The number of aromatic nitrogens is 2. The van der Waals surface area contributed by atoms with E-state index in [1.165, 1.54) is 23.5 Å². The summed E-state index contributed by atoms with van der Waals surface area (Å²) in [5.74, 6) is 0.386. The van der Waals surface area contributed by atoms with Gasteiger partial charge >= 0.3 is 5.69 Å². The molecule has 1 aromatic carbocycles. The number of nitro groups is 1. The Labute approximate surface area is 110 Å². The number of rotatable bonds is 5. The minimum atomic E-state index is -0.518. The van der Waals surface area contributed by atoms with Crippen LogP contribution in [0.25, 0.3) is 0 Å². The van der Waals surface area contributed by atoms with Gasteiger partial charge in [-0.1, -0.05) is 31.2 Å². The Balaban J connectivity index is 2.04. The second kappa shape index (κ2) is 5.90. The molecule has 2 rings (SSSR count). The number of nitrogens with zero attached hydrogens (tertiary/aromatic N) is 3. The Bertz CT molecular complexity index is 569. The first-order valence-corrected chi connectivity index (χ1v) is 5.97. The van der Waals surface area contributed by atoms with Gasteiger partial charge in [0.15, 0.2) is 0 Å². The van der Waals surface area contributed by atoms with Gasteiger partial charge in [0.2, 0.25) is 5.95 Å². The molecule has 0 bridgehead atoms. The molecule has 0 amide bonds. The van der Waals surface area contributed by atoms with Crippen LogP contribution in [0.5, 0.6) is 0 Å². The second-order valence-electron chi connectivity index (χ2n) is 4.00. The van der Waals surface area contributed by atoms with Crippen molar-refractivity contribution in [3.63, 3.8) is 0 Å². The van der Waals surface area contributed by atoms with Crippen LogP contribution in [0, 0.1) is 10.1 Å². The van der Waals surface area contributed by atoms with Crippen molar-refractivity contribution >= 4 is 11.6 Å². The van der Waals surface area contributed by atoms with Crippen molar-refractivity contribution in [2.24, 2.45) is 0 Å². The molecule has 1 heterocycles. The minimum Gasteiger partial charge on any atom is -0.350 e. The van der Waals surface area contributed by atoms with E-state index in [4.69, 9.17) is 0 Å². The molecule has 0 spiro atoms. The minimum absolute atomic E-state index is 0.112. The first-order valence-electron chi connectivity index (χ1n) is 5.97.